The standard InChI is InChI=1S/C17H21N3O4/c1-10(17(23)24-3)19-16(22)15(20-11(2)21)8-12-9-18-14-7-5-4-6-13(12)14/h4-7,9-10,15,18H,8H2,1-3H3,(H,19,22)(H,20,21)/t10-,15+/m1/s1. The number of H-pyrrole nitrogens is 1. The summed E-state index contributed by atoms with van der Waals surface area (Å²) in [5, 5.41) is 6.17. The van der Waals surface area contributed by atoms with Gasteiger partial charge >= 0.3 is 5.97 Å². The van der Waals surface area contributed by atoms with Gasteiger partial charge in [-0.05, 0) is 18.6 Å². The van der Waals surface area contributed by atoms with E-state index < -0.39 is 24.0 Å². The van der Waals surface area contributed by atoms with E-state index in [1.165, 1.54) is 21.0 Å². The lowest BCUT2D eigenvalue weighted by Gasteiger charge is -2.19. The van der Waals surface area contributed by atoms with Crippen LogP contribution in [0.2, 0.25) is 0 Å². The summed E-state index contributed by atoms with van der Waals surface area (Å²) in [6.07, 6.45) is 2.12. The van der Waals surface area contributed by atoms with Crippen molar-refractivity contribution in [3.63, 3.8) is 0 Å². The monoisotopic (exact) mass is 331 g/mol. The molecule has 0 radical (unpaired) electrons. The van der Waals surface area contributed by atoms with Gasteiger partial charge in [-0.1, -0.05) is 18.2 Å². The predicted octanol–water partition coefficient (Wildman–Crippen LogP) is 0.893. The Kier molecular flexibility index (Phi) is 5.57. The summed E-state index contributed by atoms with van der Waals surface area (Å²) >= 11 is 0. The van der Waals surface area contributed by atoms with Crippen LogP contribution in [-0.4, -0.2) is 42.0 Å². The first-order chi connectivity index (χ1) is 11.4. The SMILES string of the molecule is COC(=O)[C@@H](C)NC(=O)[C@H](Cc1c[nH]c2ccccc12)NC(C)=O. The Hall–Kier alpha value is -2.83. The molecule has 0 unspecified atom stereocenters. The van der Waals surface area contributed by atoms with Crippen molar-refractivity contribution in [1.82, 2.24) is 15.6 Å². The van der Waals surface area contributed by atoms with Crippen molar-refractivity contribution in [2.45, 2.75) is 32.4 Å². The average Bonchev–Trinajstić information content (AvgIpc) is 2.96. The Morgan fingerprint density at radius 1 is 1.21 bits per heavy atom. The number of rotatable bonds is 6. The van der Waals surface area contributed by atoms with Gasteiger partial charge in [0.25, 0.3) is 0 Å². The number of aromatic amines is 1. The van der Waals surface area contributed by atoms with Gasteiger partial charge in [-0.25, -0.2) is 4.79 Å². The van der Waals surface area contributed by atoms with E-state index in [1.807, 2.05) is 30.5 Å². The zero-order valence-corrected chi connectivity index (χ0v) is 13.9. The number of amides is 2. The Morgan fingerprint density at radius 2 is 1.92 bits per heavy atom. The van der Waals surface area contributed by atoms with Crippen molar-refractivity contribution in [3.05, 3.63) is 36.0 Å². The molecule has 2 aromatic rings. The number of hydrogen-bond acceptors (Lipinski definition) is 4. The third-order valence-electron chi connectivity index (χ3n) is 3.71. The minimum atomic E-state index is -0.790. The number of esters is 1. The quantitative estimate of drug-likeness (QED) is 0.685. The van der Waals surface area contributed by atoms with Crippen LogP contribution in [-0.2, 0) is 25.5 Å². The van der Waals surface area contributed by atoms with Gasteiger partial charge in [0.2, 0.25) is 11.8 Å². The maximum Gasteiger partial charge on any atom is 0.328 e. The molecular weight excluding hydrogens is 310 g/mol. The van der Waals surface area contributed by atoms with Crippen molar-refractivity contribution in [2.75, 3.05) is 7.11 Å². The molecule has 7 heteroatoms. The number of hydrogen-bond donors (Lipinski definition) is 3. The number of methoxy groups -OCH3 is 1. The van der Waals surface area contributed by atoms with Crippen LogP contribution in [0.25, 0.3) is 10.9 Å². The predicted molar refractivity (Wildman–Crippen MR) is 89.2 cm³/mol. The highest BCUT2D eigenvalue weighted by Crippen LogP contribution is 2.19. The Balaban J connectivity index is 2.17. The van der Waals surface area contributed by atoms with Crippen molar-refractivity contribution < 1.29 is 19.1 Å². The second-order valence-electron chi connectivity index (χ2n) is 5.57. The van der Waals surface area contributed by atoms with Crippen LogP contribution < -0.4 is 10.6 Å². The number of nitrogens with one attached hydrogen (secondary N) is 3. The molecular formula is C17H21N3O4. The number of benzene rings is 1. The van der Waals surface area contributed by atoms with Crippen molar-refractivity contribution >= 4 is 28.7 Å². The number of carbonyl (C=O) groups excluding carboxylic acids is 3. The third kappa shape index (κ3) is 4.13. The molecule has 2 atom stereocenters. The van der Waals surface area contributed by atoms with E-state index in [1.54, 1.807) is 0 Å². The van der Waals surface area contributed by atoms with Gasteiger partial charge in [0.15, 0.2) is 0 Å². The maximum atomic E-state index is 12.4. The van der Waals surface area contributed by atoms with E-state index in [0.29, 0.717) is 6.42 Å². The molecule has 24 heavy (non-hydrogen) atoms. The third-order valence-corrected chi connectivity index (χ3v) is 3.71. The topological polar surface area (TPSA) is 100 Å². The van der Waals surface area contributed by atoms with Crippen LogP contribution in [0.5, 0.6) is 0 Å². The lowest BCUT2D eigenvalue weighted by Crippen LogP contribution is -2.51. The van der Waals surface area contributed by atoms with Gasteiger partial charge < -0.3 is 20.4 Å². The molecule has 0 fully saturated rings. The van der Waals surface area contributed by atoms with Crippen molar-refractivity contribution in [2.24, 2.45) is 0 Å². The van der Waals surface area contributed by atoms with Gasteiger partial charge in [0, 0.05) is 30.4 Å². The number of para-hydroxylation sites is 1. The maximum absolute atomic E-state index is 12.4. The van der Waals surface area contributed by atoms with Gasteiger partial charge in [0.05, 0.1) is 7.11 Å². The Bertz CT molecular complexity index is 753. The minimum Gasteiger partial charge on any atom is -0.467 e. The van der Waals surface area contributed by atoms with Crippen molar-refractivity contribution in [3.8, 4) is 0 Å². The first kappa shape index (κ1) is 17.5. The number of aromatic nitrogens is 1. The first-order valence-corrected chi connectivity index (χ1v) is 7.62. The van der Waals surface area contributed by atoms with E-state index in [-0.39, 0.29) is 5.91 Å². The molecule has 3 N–H and O–H groups in total. The summed E-state index contributed by atoms with van der Waals surface area (Å²) in [6.45, 7) is 2.87. The van der Waals surface area contributed by atoms with Gasteiger partial charge in [-0.15, -0.1) is 0 Å². The number of fused-ring (bicyclic) bond motifs is 1. The lowest BCUT2D eigenvalue weighted by molar-refractivity contribution is -0.144. The van der Waals surface area contributed by atoms with Gasteiger partial charge in [-0.2, -0.15) is 0 Å². The molecule has 1 aromatic heterocycles. The summed E-state index contributed by atoms with van der Waals surface area (Å²) in [6, 6.07) is 6.13. The molecule has 128 valence electrons. The summed E-state index contributed by atoms with van der Waals surface area (Å²) in [4.78, 5) is 38.5. The minimum absolute atomic E-state index is 0.309. The summed E-state index contributed by atoms with van der Waals surface area (Å²) in [7, 11) is 1.25. The van der Waals surface area contributed by atoms with Crippen LogP contribution >= 0.6 is 0 Å². The fourth-order valence-electron chi connectivity index (χ4n) is 2.52. The normalized spacial score (nSPS) is 13.1. The van der Waals surface area contributed by atoms with Crippen LogP contribution in [0.3, 0.4) is 0 Å². The highest BCUT2D eigenvalue weighted by atomic mass is 16.5. The lowest BCUT2D eigenvalue weighted by atomic mass is 10.0. The second-order valence-corrected chi connectivity index (χ2v) is 5.57. The number of ether oxygens (including phenoxy) is 1. The molecule has 0 saturated heterocycles. The molecule has 2 rings (SSSR count). The Labute approximate surface area is 139 Å². The molecule has 0 spiro atoms. The zero-order chi connectivity index (χ0) is 17.7. The van der Waals surface area contributed by atoms with Crippen LogP contribution in [0.1, 0.15) is 19.4 Å². The summed E-state index contributed by atoms with van der Waals surface area (Å²) in [5.74, 6) is -1.30. The summed E-state index contributed by atoms with van der Waals surface area (Å²) in [5.41, 5.74) is 1.86. The first-order valence-electron chi connectivity index (χ1n) is 7.62. The second kappa shape index (κ2) is 7.63. The highest BCUT2D eigenvalue weighted by molar-refractivity contribution is 5.91. The van der Waals surface area contributed by atoms with E-state index in [9.17, 15) is 14.4 Å². The average molecular weight is 331 g/mol. The molecule has 0 aliphatic carbocycles. The molecule has 0 aliphatic rings. The fraction of sp³-hybridized carbons (Fsp3) is 0.353. The van der Waals surface area contributed by atoms with Crippen LogP contribution in [0.4, 0.5) is 0 Å². The van der Waals surface area contributed by atoms with Crippen molar-refractivity contribution in [1.29, 1.82) is 0 Å². The van der Waals surface area contributed by atoms with Gasteiger partial charge in [0.1, 0.15) is 12.1 Å². The van der Waals surface area contributed by atoms with E-state index in [4.69, 9.17) is 0 Å². The fourth-order valence-corrected chi connectivity index (χ4v) is 2.52. The zero-order valence-electron chi connectivity index (χ0n) is 13.9. The molecule has 0 saturated carbocycles. The number of carbonyl (C=O) groups is 3. The molecule has 1 heterocycles. The molecule has 7 nitrogen and oxygen atoms in total. The van der Waals surface area contributed by atoms with E-state index in [0.717, 1.165) is 16.5 Å². The molecule has 0 bridgehead atoms. The Morgan fingerprint density at radius 3 is 2.58 bits per heavy atom. The van der Waals surface area contributed by atoms with E-state index in [2.05, 4.69) is 20.4 Å². The summed E-state index contributed by atoms with van der Waals surface area (Å²) < 4.78 is 4.59. The van der Waals surface area contributed by atoms with Crippen LogP contribution in [0.15, 0.2) is 30.5 Å². The largest absolute Gasteiger partial charge is 0.467 e. The van der Waals surface area contributed by atoms with Crippen LogP contribution in [0, 0.1) is 0 Å². The van der Waals surface area contributed by atoms with Gasteiger partial charge in [-0.3, -0.25) is 9.59 Å². The molecule has 1 aromatic carbocycles. The molecule has 2 amide bonds. The van der Waals surface area contributed by atoms with E-state index >= 15 is 0 Å². The molecule has 0 aliphatic heterocycles. The highest BCUT2D eigenvalue weighted by Gasteiger charge is 2.25. The smallest absolute Gasteiger partial charge is 0.328 e.